The summed E-state index contributed by atoms with van der Waals surface area (Å²) in [5.74, 6) is 2.31. The van der Waals surface area contributed by atoms with Crippen molar-refractivity contribution in [2.75, 3.05) is 44.3 Å². The van der Waals surface area contributed by atoms with E-state index >= 15 is 0 Å². The molecule has 2 heterocycles. The summed E-state index contributed by atoms with van der Waals surface area (Å²) in [5.41, 5.74) is 2.78. The predicted molar refractivity (Wildman–Crippen MR) is 129 cm³/mol. The summed E-state index contributed by atoms with van der Waals surface area (Å²) in [7, 11) is 0. The van der Waals surface area contributed by atoms with Crippen molar-refractivity contribution in [2.24, 2.45) is 0 Å². The average molecular weight is 467 g/mol. The Morgan fingerprint density at radius 3 is 2.39 bits per heavy atom. The molecule has 0 N–H and O–H groups in total. The van der Waals surface area contributed by atoms with Crippen LogP contribution in [0.4, 0.5) is 5.82 Å². The van der Waals surface area contributed by atoms with Crippen LogP contribution in [0.2, 0.25) is 5.02 Å². The molecule has 0 atom stereocenters. The van der Waals surface area contributed by atoms with E-state index in [2.05, 4.69) is 14.9 Å². The Bertz CT molecular complexity index is 1100. The number of benzene rings is 2. The molecular formula is C25H27ClN4O3. The van der Waals surface area contributed by atoms with Crippen molar-refractivity contribution in [1.29, 1.82) is 0 Å². The number of carbonyl (C=O) groups excluding carboxylic acids is 1. The Morgan fingerprint density at radius 1 is 0.970 bits per heavy atom. The zero-order chi connectivity index (χ0) is 23.2. The Morgan fingerprint density at radius 2 is 1.70 bits per heavy atom. The highest BCUT2D eigenvalue weighted by Crippen LogP contribution is 2.24. The third kappa shape index (κ3) is 5.73. The molecule has 0 spiro atoms. The monoisotopic (exact) mass is 466 g/mol. The van der Waals surface area contributed by atoms with E-state index in [9.17, 15) is 4.79 Å². The number of hydrogen-bond acceptors (Lipinski definition) is 6. The molecule has 2 aromatic carbocycles. The van der Waals surface area contributed by atoms with E-state index in [4.69, 9.17) is 21.1 Å². The van der Waals surface area contributed by atoms with E-state index in [1.165, 1.54) is 0 Å². The van der Waals surface area contributed by atoms with Crippen LogP contribution < -0.4 is 14.4 Å². The third-order valence-corrected chi connectivity index (χ3v) is 5.99. The van der Waals surface area contributed by atoms with Crippen molar-refractivity contribution in [3.63, 3.8) is 0 Å². The first-order valence-electron chi connectivity index (χ1n) is 11.0. The Balaban J connectivity index is 1.32. The van der Waals surface area contributed by atoms with Crippen molar-refractivity contribution < 1.29 is 14.3 Å². The first-order chi connectivity index (χ1) is 16.0. The molecule has 172 valence electrons. The van der Waals surface area contributed by atoms with Gasteiger partial charge in [-0.1, -0.05) is 11.6 Å². The van der Waals surface area contributed by atoms with Gasteiger partial charge in [-0.25, -0.2) is 9.97 Å². The largest absolute Gasteiger partial charge is 0.494 e. The highest BCUT2D eigenvalue weighted by atomic mass is 35.5. The van der Waals surface area contributed by atoms with Crippen LogP contribution >= 0.6 is 11.6 Å². The fourth-order valence-corrected chi connectivity index (χ4v) is 3.81. The first kappa shape index (κ1) is 22.9. The molecular weight excluding hydrogens is 440 g/mol. The summed E-state index contributed by atoms with van der Waals surface area (Å²) in [6.07, 6.45) is 1.58. The van der Waals surface area contributed by atoms with E-state index in [-0.39, 0.29) is 12.5 Å². The number of anilines is 1. The fraction of sp³-hybridized carbons (Fsp3) is 0.320. The second kappa shape index (κ2) is 10.5. The number of hydrogen-bond donors (Lipinski definition) is 0. The predicted octanol–water partition coefficient (Wildman–Crippen LogP) is 4.23. The molecule has 1 aliphatic rings. The number of carbonyl (C=O) groups is 1. The van der Waals surface area contributed by atoms with Gasteiger partial charge in [0.2, 0.25) is 0 Å². The quantitative estimate of drug-likeness (QED) is 0.519. The van der Waals surface area contributed by atoms with Gasteiger partial charge in [-0.15, -0.1) is 0 Å². The number of ether oxygens (including phenoxy) is 2. The van der Waals surface area contributed by atoms with Crippen LogP contribution in [0.3, 0.4) is 0 Å². The van der Waals surface area contributed by atoms with Gasteiger partial charge in [0.25, 0.3) is 5.91 Å². The number of amides is 1. The van der Waals surface area contributed by atoms with Crippen molar-refractivity contribution in [3.8, 4) is 22.8 Å². The maximum Gasteiger partial charge on any atom is 0.260 e. The summed E-state index contributed by atoms with van der Waals surface area (Å²) in [5, 5.41) is 0.681. The number of aromatic nitrogens is 2. The van der Waals surface area contributed by atoms with Crippen molar-refractivity contribution >= 4 is 23.3 Å². The number of rotatable bonds is 7. The first-order valence-corrected chi connectivity index (χ1v) is 11.4. The van der Waals surface area contributed by atoms with Crippen LogP contribution in [0.5, 0.6) is 11.5 Å². The summed E-state index contributed by atoms with van der Waals surface area (Å²) >= 11 is 6.04. The second-order valence-corrected chi connectivity index (χ2v) is 8.19. The number of halogens is 1. The maximum atomic E-state index is 12.6. The lowest BCUT2D eigenvalue weighted by Crippen LogP contribution is -2.50. The SMILES string of the molecule is CCOc1ccc(-c2cc(N3CCN(C(=O)COc4ccc(Cl)c(C)c4)CC3)ncn2)cc1. The standard InChI is InChI=1S/C25H27ClN4O3/c1-3-32-20-6-4-19(5-7-20)23-15-24(28-17-27-23)29-10-12-30(13-11-29)25(31)16-33-21-8-9-22(26)18(2)14-21/h4-9,14-15,17H,3,10-13,16H2,1-2H3. The van der Waals surface area contributed by atoms with E-state index in [1.54, 1.807) is 18.5 Å². The van der Waals surface area contributed by atoms with Crippen LogP contribution in [0, 0.1) is 6.92 Å². The highest BCUT2D eigenvalue weighted by Gasteiger charge is 2.22. The third-order valence-electron chi connectivity index (χ3n) is 5.56. The zero-order valence-electron chi connectivity index (χ0n) is 18.8. The van der Waals surface area contributed by atoms with Crippen molar-refractivity contribution in [2.45, 2.75) is 13.8 Å². The van der Waals surface area contributed by atoms with Crippen LogP contribution in [0.25, 0.3) is 11.3 Å². The molecule has 0 saturated carbocycles. The van der Waals surface area contributed by atoms with Gasteiger partial charge in [-0.05, 0) is 61.9 Å². The summed E-state index contributed by atoms with van der Waals surface area (Å²) in [6, 6.07) is 15.3. The molecule has 8 heteroatoms. The minimum atomic E-state index is -0.0278. The molecule has 1 aromatic heterocycles. The van der Waals surface area contributed by atoms with Gasteiger partial charge in [0.05, 0.1) is 12.3 Å². The van der Waals surface area contributed by atoms with E-state index < -0.39 is 0 Å². The number of aryl methyl sites for hydroxylation is 1. The van der Waals surface area contributed by atoms with Gasteiger partial charge >= 0.3 is 0 Å². The molecule has 1 amide bonds. The van der Waals surface area contributed by atoms with E-state index in [0.29, 0.717) is 43.6 Å². The zero-order valence-corrected chi connectivity index (χ0v) is 19.6. The topological polar surface area (TPSA) is 67.8 Å². The van der Waals surface area contributed by atoms with Crippen molar-refractivity contribution in [1.82, 2.24) is 14.9 Å². The lowest BCUT2D eigenvalue weighted by atomic mass is 10.1. The number of piperazine rings is 1. The minimum absolute atomic E-state index is 0.0104. The number of nitrogens with zero attached hydrogens (tertiary/aromatic N) is 4. The lowest BCUT2D eigenvalue weighted by Gasteiger charge is -2.35. The Labute approximate surface area is 198 Å². The van der Waals surface area contributed by atoms with E-state index in [0.717, 1.165) is 28.4 Å². The molecule has 0 radical (unpaired) electrons. The highest BCUT2D eigenvalue weighted by molar-refractivity contribution is 6.31. The van der Waals surface area contributed by atoms with Gasteiger partial charge in [-0.3, -0.25) is 4.79 Å². The summed E-state index contributed by atoms with van der Waals surface area (Å²) in [6.45, 7) is 7.15. The molecule has 0 unspecified atom stereocenters. The summed E-state index contributed by atoms with van der Waals surface area (Å²) < 4.78 is 11.2. The molecule has 0 aliphatic carbocycles. The molecule has 4 rings (SSSR count). The molecule has 1 fully saturated rings. The minimum Gasteiger partial charge on any atom is -0.494 e. The second-order valence-electron chi connectivity index (χ2n) is 7.79. The molecule has 1 saturated heterocycles. The van der Waals surface area contributed by atoms with Gasteiger partial charge in [0.15, 0.2) is 6.61 Å². The van der Waals surface area contributed by atoms with Gasteiger partial charge in [0, 0.05) is 42.8 Å². The van der Waals surface area contributed by atoms with Gasteiger partial charge < -0.3 is 19.3 Å². The Kier molecular flexibility index (Phi) is 7.29. The van der Waals surface area contributed by atoms with Crippen LogP contribution in [-0.2, 0) is 4.79 Å². The molecule has 33 heavy (non-hydrogen) atoms. The maximum absolute atomic E-state index is 12.6. The molecule has 3 aromatic rings. The van der Waals surface area contributed by atoms with Crippen molar-refractivity contribution in [3.05, 3.63) is 65.4 Å². The lowest BCUT2D eigenvalue weighted by molar-refractivity contribution is -0.133. The summed E-state index contributed by atoms with van der Waals surface area (Å²) in [4.78, 5) is 25.5. The molecule has 0 bridgehead atoms. The van der Waals surface area contributed by atoms with Gasteiger partial charge in [0.1, 0.15) is 23.6 Å². The fourth-order valence-electron chi connectivity index (χ4n) is 3.69. The normalized spacial score (nSPS) is 13.7. The molecule has 7 nitrogen and oxygen atoms in total. The van der Waals surface area contributed by atoms with Crippen LogP contribution in [0.1, 0.15) is 12.5 Å². The molecule has 1 aliphatic heterocycles. The average Bonchev–Trinajstić information content (AvgIpc) is 2.85. The van der Waals surface area contributed by atoms with Crippen LogP contribution in [-0.4, -0.2) is 60.2 Å². The van der Waals surface area contributed by atoms with E-state index in [1.807, 2.05) is 55.1 Å². The van der Waals surface area contributed by atoms with Crippen LogP contribution in [0.15, 0.2) is 54.9 Å². The van der Waals surface area contributed by atoms with Gasteiger partial charge in [-0.2, -0.15) is 0 Å². The Hall–Kier alpha value is -3.32. The smallest absolute Gasteiger partial charge is 0.260 e.